The van der Waals surface area contributed by atoms with Crippen LogP contribution in [0.2, 0.25) is 0 Å². The number of rotatable bonds is 14. The molecule has 0 aliphatic carbocycles. The van der Waals surface area contributed by atoms with Gasteiger partial charge in [-0.1, -0.05) is 64.7 Å². The predicted molar refractivity (Wildman–Crippen MR) is 96.1 cm³/mol. The van der Waals surface area contributed by atoms with Crippen LogP contribution < -0.4 is 0 Å². The van der Waals surface area contributed by atoms with Gasteiger partial charge in [0.2, 0.25) is 0 Å². The van der Waals surface area contributed by atoms with E-state index in [0.29, 0.717) is 6.61 Å². The van der Waals surface area contributed by atoms with E-state index in [2.05, 4.69) is 6.92 Å². The van der Waals surface area contributed by atoms with Gasteiger partial charge < -0.3 is 29.5 Å². The first kappa shape index (κ1) is 22.8. The summed E-state index contributed by atoms with van der Waals surface area (Å²) in [7, 11) is 0. The summed E-state index contributed by atoms with van der Waals surface area (Å²) in [6.07, 6.45) is 8.36. The summed E-state index contributed by atoms with van der Waals surface area (Å²) in [5.41, 5.74) is 0. The molecule has 1 aliphatic rings. The van der Waals surface area contributed by atoms with Gasteiger partial charge >= 0.3 is 5.97 Å². The molecule has 0 saturated carbocycles. The van der Waals surface area contributed by atoms with Crippen LogP contribution in [0.25, 0.3) is 0 Å². The second-order valence-electron chi connectivity index (χ2n) is 6.88. The molecular formula is C19H38O6. The first-order chi connectivity index (χ1) is 12.1. The predicted octanol–water partition coefficient (Wildman–Crippen LogP) is 2.73. The van der Waals surface area contributed by atoms with Crippen molar-refractivity contribution in [2.45, 2.75) is 102 Å². The molecule has 0 unspecified atom stereocenters. The molecule has 0 radical (unpaired) electrons. The number of hydrogen-bond acceptors (Lipinski definition) is 6. The minimum atomic E-state index is -1.67. The van der Waals surface area contributed by atoms with Gasteiger partial charge in [0.15, 0.2) is 6.10 Å². The summed E-state index contributed by atoms with van der Waals surface area (Å²) >= 11 is 0. The fraction of sp³-hybridized carbons (Fsp3) is 1.00. The average Bonchev–Trinajstić information content (AvgIpc) is 2.61. The molecule has 1 rings (SSSR count). The lowest BCUT2D eigenvalue weighted by atomic mass is 10.0. The van der Waals surface area contributed by atoms with Crippen molar-refractivity contribution < 1.29 is 29.5 Å². The Bertz CT molecular complexity index is 327. The van der Waals surface area contributed by atoms with Crippen molar-refractivity contribution in [3.63, 3.8) is 0 Å². The fourth-order valence-corrected chi connectivity index (χ4v) is 3.11. The molecule has 1 fully saturated rings. The zero-order chi connectivity index (χ0) is 18.5. The molecule has 3 N–H and O–H groups in total. The van der Waals surface area contributed by atoms with Gasteiger partial charge in [-0.05, 0) is 13.3 Å². The highest BCUT2D eigenvalue weighted by atomic mass is 16.9. The SMILES string of the molecule is CCCCCCCCCCCCO[C@@]1(OCC)OC[C@@H](O)[C@H](O)[C@H]1O. The number of hydrogen-bond donors (Lipinski definition) is 3. The van der Waals surface area contributed by atoms with Crippen molar-refractivity contribution in [2.24, 2.45) is 0 Å². The van der Waals surface area contributed by atoms with Gasteiger partial charge in [-0.25, -0.2) is 0 Å². The van der Waals surface area contributed by atoms with Crippen molar-refractivity contribution >= 4 is 0 Å². The van der Waals surface area contributed by atoms with Crippen molar-refractivity contribution in [1.29, 1.82) is 0 Å². The summed E-state index contributed by atoms with van der Waals surface area (Å²) in [5.74, 6) is -1.67. The zero-order valence-electron chi connectivity index (χ0n) is 16.0. The van der Waals surface area contributed by atoms with Gasteiger partial charge in [-0.15, -0.1) is 0 Å². The summed E-state index contributed by atoms with van der Waals surface area (Å²) < 4.78 is 16.5. The molecule has 0 bridgehead atoms. The first-order valence-electron chi connectivity index (χ1n) is 10.0. The molecule has 1 saturated heterocycles. The lowest BCUT2D eigenvalue weighted by Crippen LogP contribution is -2.63. The molecule has 0 spiro atoms. The molecular weight excluding hydrogens is 324 g/mol. The Labute approximate surface area is 152 Å². The van der Waals surface area contributed by atoms with Crippen LogP contribution >= 0.6 is 0 Å². The van der Waals surface area contributed by atoms with E-state index in [4.69, 9.17) is 14.2 Å². The van der Waals surface area contributed by atoms with Gasteiger partial charge in [0.25, 0.3) is 0 Å². The zero-order valence-corrected chi connectivity index (χ0v) is 16.0. The fourth-order valence-electron chi connectivity index (χ4n) is 3.11. The molecule has 25 heavy (non-hydrogen) atoms. The summed E-state index contributed by atoms with van der Waals surface area (Å²) in [5, 5.41) is 29.6. The molecule has 6 nitrogen and oxygen atoms in total. The molecule has 1 heterocycles. The second-order valence-corrected chi connectivity index (χ2v) is 6.88. The Morgan fingerprint density at radius 2 is 1.40 bits per heavy atom. The Morgan fingerprint density at radius 1 is 0.840 bits per heavy atom. The molecule has 6 heteroatoms. The third-order valence-electron chi connectivity index (χ3n) is 4.68. The minimum absolute atomic E-state index is 0.129. The van der Waals surface area contributed by atoms with Crippen LogP contribution in [0.5, 0.6) is 0 Å². The molecule has 0 aromatic rings. The normalized spacial score (nSPS) is 29.9. The van der Waals surface area contributed by atoms with Gasteiger partial charge in [-0.2, -0.15) is 0 Å². The van der Waals surface area contributed by atoms with Crippen LogP contribution in [0.3, 0.4) is 0 Å². The van der Waals surface area contributed by atoms with Crippen LogP contribution in [0, 0.1) is 0 Å². The standard InChI is InChI=1S/C19H38O6/c1-3-5-6-7-8-9-10-11-12-13-14-24-19(23-4-2)18(22)17(21)16(20)15-25-19/h16-18,20-22H,3-15H2,1-2H3/t16-,17+,18-,19-/m1/s1. The largest absolute Gasteiger partial charge is 0.388 e. The van der Waals surface area contributed by atoms with E-state index >= 15 is 0 Å². The Hall–Kier alpha value is -0.240. The first-order valence-corrected chi connectivity index (χ1v) is 10.0. The van der Waals surface area contributed by atoms with Crippen LogP contribution in [-0.4, -0.2) is 59.4 Å². The third-order valence-corrected chi connectivity index (χ3v) is 4.68. The van der Waals surface area contributed by atoms with E-state index in [1.165, 1.54) is 51.4 Å². The van der Waals surface area contributed by atoms with Crippen LogP contribution in [-0.2, 0) is 14.2 Å². The number of ether oxygens (including phenoxy) is 3. The summed E-state index contributed by atoms with van der Waals surface area (Å²) in [6.45, 7) is 4.53. The molecule has 1 aliphatic heterocycles. The summed E-state index contributed by atoms with van der Waals surface area (Å²) in [6, 6.07) is 0. The van der Waals surface area contributed by atoms with Crippen LogP contribution in [0.15, 0.2) is 0 Å². The van der Waals surface area contributed by atoms with Crippen molar-refractivity contribution in [3.8, 4) is 0 Å². The molecule has 4 atom stereocenters. The van der Waals surface area contributed by atoms with Crippen LogP contribution in [0.1, 0.15) is 78.1 Å². The van der Waals surface area contributed by atoms with E-state index in [-0.39, 0.29) is 13.2 Å². The summed E-state index contributed by atoms with van der Waals surface area (Å²) in [4.78, 5) is 0. The number of aliphatic hydroxyl groups is 3. The molecule has 0 aromatic carbocycles. The minimum Gasteiger partial charge on any atom is -0.388 e. The van der Waals surface area contributed by atoms with Crippen molar-refractivity contribution in [1.82, 2.24) is 0 Å². The average molecular weight is 363 g/mol. The highest BCUT2D eigenvalue weighted by molar-refractivity contribution is 4.87. The quantitative estimate of drug-likeness (QED) is 0.325. The maximum Gasteiger partial charge on any atom is 0.313 e. The van der Waals surface area contributed by atoms with Crippen molar-refractivity contribution in [3.05, 3.63) is 0 Å². The highest BCUT2D eigenvalue weighted by Crippen LogP contribution is 2.29. The molecule has 0 aromatic heterocycles. The van der Waals surface area contributed by atoms with E-state index in [0.717, 1.165) is 12.8 Å². The van der Waals surface area contributed by atoms with E-state index < -0.39 is 24.3 Å². The molecule has 150 valence electrons. The topological polar surface area (TPSA) is 88.4 Å². The Kier molecular flexibility index (Phi) is 11.9. The van der Waals surface area contributed by atoms with Gasteiger partial charge in [0.05, 0.1) is 13.2 Å². The number of unbranched alkanes of at least 4 members (excludes halogenated alkanes) is 9. The Balaban J connectivity index is 2.15. The lowest BCUT2D eigenvalue weighted by Gasteiger charge is -2.43. The third kappa shape index (κ3) is 7.89. The number of aliphatic hydroxyl groups excluding tert-OH is 3. The van der Waals surface area contributed by atoms with E-state index in [1.807, 2.05) is 0 Å². The second kappa shape index (κ2) is 13.0. The van der Waals surface area contributed by atoms with Gasteiger partial charge in [0.1, 0.15) is 12.2 Å². The van der Waals surface area contributed by atoms with Gasteiger partial charge in [0, 0.05) is 6.61 Å². The Morgan fingerprint density at radius 3 is 1.96 bits per heavy atom. The van der Waals surface area contributed by atoms with E-state index in [9.17, 15) is 15.3 Å². The maximum absolute atomic E-state index is 10.2. The maximum atomic E-state index is 10.2. The van der Waals surface area contributed by atoms with Crippen LogP contribution in [0.4, 0.5) is 0 Å². The smallest absolute Gasteiger partial charge is 0.313 e. The highest BCUT2D eigenvalue weighted by Gasteiger charge is 2.52. The monoisotopic (exact) mass is 362 g/mol. The van der Waals surface area contributed by atoms with E-state index in [1.54, 1.807) is 6.92 Å². The van der Waals surface area contributed by atoms with Crippen molar-refractivity contribution in [2.75, 3.05) is 19.8 Å². The lowest BCUT2D eigenvalue weighted by molar-refractivity contribution is -0.444. The molecule has 0 amide bonds. The van der Waals surface area contributed by atoms with Gasteiger partial charge in [-0.3, -0.25) is 0 Å².